The van der Waals surface area contributed by atoms with Gasteiger partial charge in [-0.1, -0.05) is 24.3 Å². The molecule has 10 heteroatoms. The summed E-state index contributed by atoms with van der Waals surface area (Å²) in [6.45, 7) is 3.52. The molecule has 2 aromatic carbocycles. The SMILES string of the molecule is COc1nc2c(N3C4CCC3CNC4)nc(OC[C@@]34CCCN3C[C@H](F)C4)nc2cc1-c1cc(O)cc2ccccc12. The molecule has 0 amide bonds. The first-order valence-electron chi connectivity index (χ1n) is 15.0. The number of fused-ring (bicyclic) bond motifs is 5. The normalized spacial score (nSPS) is 27.2. The third kappa shape index (κ3) is 4.14. The van der Waals surface area contributed by atoms with Crippen LogP contribution in [-0.4, -0.2) is 88.6 Å². The average molecular weight is 571 g/mol. The molecule has 4 aliphatic heterocycles. The zero-order chi connectivity index (χ0) is 28.4. The number of alkyl halides is 1. The second kappa shape index (κ2) is 9.91. The van der Waals surface area contributed by atoms with E-state index in [2.05, 4.69) is 15.1 Å². The van der Waals surface area contributed by atoms with Crippen LogP contribution >= 0.6 is 0 Å². The number of piperazine rings is 1. The molecular weight excluding hydrogens is 535 g/mol. The van der Waals surface area contributed by atoms with Gasteiger partial charge in [0.25, 0.3) is 0 Å². The van der Waals surface area contributed by atoms with Gasteiger partial charge in [0.2, 0.25) is 5.88 Å². The van der Waals surface area contributed by atoms with Crippen LogP contribution in [0.2, 0.25) is 0 Å². The molecule has 4 atom stereocenters. The maximum Gasteiger partial charge on any atom is 0.319 e. The number of phenolic OH excluding ortho intramolecular Hbond substituents is 1. The lowest BCUT2D eigenvalue weighted by atomic mass is 9.95. The first-order chi connectivity index (χ1) is 20.5. The summed E-state index contributed by atoms with van der Waals surface area (Å²) in [7, 11) is 1.61. The highest BCUT2D eigenvalue weighted by atomic mass is 19.1. The average Bonchev–Trinajstić information content (AvgIpc) is 3.60. The van der Waals surface area contributed by atoms with Crippen LogP contribution in [0.4, 0.5) is 10.2 Å². The fourth-order valence-corrected chi connectivity index (χ4v) is 7.89. The van der Waals surface area contributed by atoms with Gasteiger partial charge in [0, 0.05) is 43.7 Å². The van der Waals surface area contributed by atoms with E-state index in [1.807, 2.05) is 30.3 Å². The molecule has 4 aromatic rings. The molecule has 0 radical (unpaired) electrons. The molecule has 4 fully saturated rings. The summed E-state index contributed by atoms with van der Waals surface area (Å²) in [5.41, 5.74) is 2.55. The Labute approximate surface area is 243 Å². The van der Waals surface area contributed by atoms with Crippen molar-refractivity contribution in [2.24, 2.45) is 0 Å². The lowest BCUT2D eigenvalue weighted by Gasteiger charge is -2.36. The minimum Gasteiger partial charge on any atom is -0.508 e. The molecule has 0 aliphatic carbocycles. The molecule has 4 aliphatic rings. The molecule has 2 bridgehead atoms. The molecule has 8 rings (SSSR count). The summed E-state index contributed by atoms with van der Waals surface area (Å²) >= 11 is 0. The quantitative estimate of drug-likeness (QED) is 0.349. The lowest BCUT2D eigenvalue weighted by Crippen LogP contribution is -2.52. The highest BCUT2D eigenvalue weighted by Crippen LogP contribution is 2.43. The Balaban J connectivity index is 1.28. The Morgan fingerprint density at radius 3 is 2.74 bits per heavy atom. The van der Waals surface area contributed by atoms with Crippen LogP contribution in [-0.2, 0) is 0 Å². The van der Waals surface area contributed by atoms with Crippen molar-refractivity contribution in [2.45, 2.75) is 55.9 Å². The van der Waals surface area contributed by atoms with Crippen molar-refractivity contribution in [3.8, 4) is 28.8 Å². The number of anilines is 1. The molecule has 4 saturated heterocycles. The number of hydrogen-bond acceptors (Lipinski definition) is 9. The van der Waals surface area contributed by atoms with E-state index in [9.17, 15) is 9.50 Å². The van der Waals surface area contributed by atoms with Gasteiger partial charge in [0.05, 0.1) is 18.2 Å². The van der Waals surface area contributed by atoms with Crippen LogP contribution < -0.4 is 19.7 Å². The van der Waals surface area contributed by atoms with Gasteiger partial charge >= 0.3 is 6.01 Å². The Hall–Kier alpha value is -3.76. The van der Waals surface area contributed by atoms with Crippen molar-refractivity contribution < 1.29 is 19.0 Å². The minimum absolute atomic E-state index is 0.166. The maximum atomic E-state index is 14.5. The highest BCUT2D eigenvalue weighted by molar-refractivity contribution is 6.01. The molecule has 0 spiro atoms. The summed E-state index contributed by atoms with van der Waals surface area (Å²) in [4.78, 5) is 19.5. The molecule has 2 aromatic heterocycles. The molecular formula is C32H35FN6O3. The summed E-state index contributed by atoms with van der Waals surface area (Å²) < 4.78 is 26.7. The Morgan fingerprint density at radius 1 is 1.07 bits per heavy atom. The second-order valence-electron chi connectivity index (χ2n) is 12.3. The van der Waals surface area contributed by atoms with Gasteiger partial charge in [-0.25, -0.2) is 9.37 Å². The van der Waals surface area contributed by atoms with E-state index in [4.69, 9.17) is 24.4 Å². The first kappa shape index (κ1) is 25.9. The Kier molecular flexibility index (Phi) is 6.12. The van der Waals surface area contributed by atoms with E-state index in [1.165, 1.54) is 0 Å². The van der Waals surface area contributed by atoms with Gasteiger partial charge in [-0.15, -0.1) is 0 Å². The number of nitrogens with one attached hydrogen (secondary N) is 1. The number of nitrogens with zero attached hydrogens (tertiary/aromatic N) is 5. The van der Waals surface area contributed by atoms with Crippen molar-refractivity contribution in [2.75, 3.05) is 44.8 Å². The summed E-state index contributed by atoms with van der Waals surface area (Å²) in [5, 5.41) is 16.0. The lowest BCUT2D eigenvalue weighted by molar-refractivity contribution is 0.107. The fourth-order valence-electron chi connectivity index (χ4n) is 7.89. The standard InChI is InChI=1S/C32H35FN6O3/c1-41-30-26(25-12-23(40)11-19-5-2-3-6-24(19)25)13-27-28(36-30)29(39-21-7-8-22(39)16-34-15-21)37-31(35-27)42-18-32-9-4-10-38(32)17-20(33)14-32/h2-3,5-6,11-13,20-22,34,40H,4,7-10,14-18H2,1H3/t20-,21?,22?,32+/m1/s1. The number of methoxy groups -OCH3 is 1. The molecule has 218 valence electrons. The zero-order valence-electron chi connectivity index (χ0n) is 23.7. The predicted octanol–water partition coefficient (Wildman–Crippen LogP) is 4.46. The number of aromatic nitrogens is 3. The van der Waals surface area contributed by atoms with Gasteiger partial charge in [-0.2, -0.15) is 9.97 Å². The summed E-state index contributed by atoms with van der Waals surface area (Å²) in [6.07, 6.45) is 3.80. The monoisotopic (exact) mass is 570 g/mol. The van der Waals surface area contributed by atoms with Crippen molar-refractivity contribution in [3.63, 3.8) is 0 Å². The van der Waals surface area contributed by atoms with Crippen LogP contribution in [0, 0.1) is 0 Å². The second-order valence-corrected chi connectivity index (χ2v) is 12.3. The van der Waals surface area contributed by atoms with E-state index in [1.54, 1.807) is 19.2 Å². The number of aromatic hydroxyl groups is 1. The van der Waals surface area contributed by atoms with Crippen molar-refractivity contribution in [1.82, 2.24) is 25.2 Å². The zero-order valence-corrected chi connectivity index (χ0v) is 23.7. The smallest absolute Gasteiger partial charge is 0.319 e. The third-order valence-corrected chi connectivity index (χ3v) is 9.78. The number of halogens is 1. The largest absolute Gasteiger partial charge is 0.508 e. The van der Waals surface area contributed by atoms with Gasteiger partial charge in [-0.05, 0) is 66.8 Å². The van der Waals surface area contributed by atoms with Gasteiger partial charge < -0.3 is 24.8 Å². The van der Waals surface area contributed by atoms with E-state index < -0.39 is 6.17 Å². The van der Waals surface area contributed by atoms with E-state index >= 15 is 0 Å². The van der Waals surface area contributed by atoms with E-state index in [0.717, 1.165) is 73.0 Å². The van der Waals surface area contributed by atoms with Crippen molar-refractivity contribution in [1.29, 1.82) is 0 Å². The molecule has 2 unspecified atom stereocenters. The van der Waals surface area contributed by atoms with Crippen LogP contribution in [0.5, 0.6) is 17.6 Å². The van der Waals surface area contributed by atoms with Crippen LogP contribution in [0.15, 0.2) is 42.5 Å². The Bertz CT molecular complexity index is 1670. The summed E-state index contributed by atoms with van der Waals surface area (Å²) in [6, 6.07) is 14.3. The maximum absolute atomic E-state index is 14.5. The Morgan fingerprint density at radius 2 is 1.90 bits per heavy atom. The molecule has 9 nitrogen and oxygen atoms in total. The third-order valence-electron chi connectivity index (χ3n) is 9.78. The number of phenols is 1. The number of hydrogen-bond donors (Lipinski definition) is 2. The van der Waals surface area contributed by atoms with Crippen molar-refractivity contribution >= 4 is 27.6 Å². The van der Waals surface area contributed by atoms with Gasteiger partial charge in [0.1, 0.15) is 24.0 Å². The van der Waals surface area contributed by atoms with Crippen LogP contribution in [0.3, 0.4) is 0 Å². The summed E-state index contributed by atoms with van der Waals surface area (Å²) in [5.74, 6) is 1.36. The van der Waals surface area contributed by atoms with Gasteiger partial charge in [0.15, 0.2) is 5.82 Å². The van der Waals surface area contributed by atoms with E-state index in [-0.39, 0.29) is 17.3 Å². The van der Waals surface area contributed by atoms with Crippen molar-refractivity contribution in [3.05, 3.63) is 42.5 Å². The molecule has 6 heterocycles. The number of benzene rings is 2. The number of rotatable bonds is 6. The molecule has 0 saturated carbocycles. The van der Waals surface area contributed by atoms with Crippen LogP contribution in [0.1, 0.15) is 32.1 Å². The number of pyridine rings is 1. The predicted molar refractivity (Wildman–Crippen MR) is 159 cm³/mol. The fraction of sp³-hybridized carbons (Fsp3) is 0.469. The first-order valence-corrected chi connectivity index (χ1v) is 15.0. The number of ether oxygens (including phenoxy) is 2. The van der Waals surface area contributed by atoms with Gasteiger partial charge in [-0.3, -0.25) is 4.90 Å². The highest BCUT2D eigenvalue weighted by Gasteiger charge is 2.49. The minimum atomic E-state index is -0.824. The van der Waals surface area contributed by atoms with Crippen LogP contribution in [0.25, 0.3) is 32.9 Å². The van der Waals surface area contributed by atoms with E-state index in [0.29, 0.717) is 48.6 Å². The molecule has 42 heavy (non-hydrogen) atoms. The topological polar surface area (TPSA) is 95.9 Å². The molecule has 2 N–H and O–H groups in total.